The third kappa shape index (κ3) is 3.48. The number of benzene rings is 1. The number of hydrogen-bond donors (Lipinski definition) is 1. The molecule has 0 atom stereocenters. The summed E-state index contributed by atoms with van der Waals surface area (Å²) in [5.41, 5.74) is 6.36. The summed E-state index contributed by atoms with van der Waals surface area (Å²) in [5, 5.41) is 14.6. The number of thiophene rings is 1. The lowest BCUT2D eigenvalue weighted by Crippen LogP contribution is -2.26. The van der Waals surface area contributed by atoms with E-state index in [2.05, 4.69) is 5.10 Å². The van der Waals surface area contributed by atoms with Crippen molar-refractivity contribution in [3.05, 3.63) is 61.8 Å². The fourth-order valence-corrected chi connectivity index (χ4v) is 5.33. The molecular weight excluding hydrogens is 428 g/mol. The van der Waals surface area contributed by atoms with Crippen molar-refractivity contribution in [3.63, 3.8) is 0 Å². The van der Waals surface area contributed by atoms with Gasteiger partial charge in [0.15, 0.2) is 11.5 Å². The molecule has 1 aromatic carbocycles. The van der Waals surface area contributed by atoms with Crippen molar-refractivity contribution < 1.29 is 14.3 Å². The van der Waals surface area contributed by atoms with Crippen LogP contribution in [0.4, 0.5) is 0 Å². The summed E-state index contributed by atoms with van der Waals surface area (Å²) in [6.45, 7) is 1.22. The summed E-state index contributed by atoms with van der Waals surface area (Å²) in [4.78, 5) is 38.6. The van der Waals surface area contributed by atoms with Gasteiger partial charge in [0.25, 0.3) is 5.91 Å². The number of nitrogens with zero attached hydrogens (tertiary/aromatic N) is 3. The van der Waals surface area contributed by atoms with E-state index in [4.69, 9.17) is 10.5 Å². The van der Waals surface area contributed by atoms with Gasteiger partial charge in [-0.15, -0.1) is 11.3 Å². The minimum absolute atomic E-state index is 0.200. The molecule has 0 fully saturated rings. The fraction of sp³-hybridized carbons (Fsp3) is 0.261. The number of amides is 1. The molecule has 2 aromatic heterocycles. The Morgan fingerprint density at radius 2 is 1.91 bits per heavy atom. The van der Waals surface area contributed by atoms with Gasteiger partial charge < -0.3 is 10.5 Å². The first-order valence-electron chi connectivity index (χ1n) is 10.0. The molecule has 4 rings (SSSR count). The molecule has 162 valence electrons. The van der Waals surface area contributed by atoms with Crippen molar-refractivity contribution in [2.75, 3.05) is 7.11 Å². The maximum absolute atomic E-state index is 12.9. The van der Waals surface area contributed by atoms with E-state index in [0.717, 1.165) is 29.7 Å². The van der Waals surface area contributed by atoms with Gasteiger partial charge in [-0.2, -0.15) is 10.4 Å². The SMILES string of the molecule is COc1ccc(-c2c(C#N)c(=O)c(C(C)=O)nn2-c2sc3c(c2C(N)=O)CCCC3)cc1. The first-order valence-corrected chi connectivity index (χ1v) is 10.9. The number of carbonyl (C=O) groups excluding carboxylic acids is 2. The van der Waals surface area contributed by atoms with Gasteiger partial charge in [-0.05, 0) is 55.5 Å². The Morgan fingerprint density at radius 1 is 1.22 bits per heavy atom. The highest BCUT2D eigenvalue weighted by molar-refractivity contribution is 7.15. The van der Waals surface area contributed by atoms with Gasteiger partial charge in [0.05, 0.1) is 18.4 Å². The van der Waals surface area contributed by atoms with E-state index in [-0.39, 0.29) is 17.0 Å². The minimum Gasteiger partial charge on any atom is -0.497 e. The number of aryl methyl sites for hydroxylation is 1. The molecule has 8 nitrogen and oxygen atoms in total. The summed E-state index contributed by atoms with van der Waals surface area (Å²) < 4.78 is 6.57. The van der Waals surface area contributed by atoms with Crippen molar-refractivity contribution in [1.82, 2.24) is 9.78 Å². The van der Waals surface area contributed by atoms with E-state index >= 15 is 0 Å². The number of rotatable bonds is 5. The van der Waals surface area contributed by atoms with E-state index in [0.29, 0.717) is 28.3 Å². The number of ether oxygens (including phenoxy) is 1. The maximum Gasteiger partial charge on any atom is 0.252 e. The number of aromatic nitrogens is 2. The second-order valence-corrected chi connectivity index (χ2v) is 8.55. The zero-order chi connectivity index (χ0) is 23.0. The van der Waals surface area contributed by atoms with Gasteiger partial charge >= 0.3 is 0 Å². The Kier molecular flexibility index (Phi) is 5.63. The van der Waals surface area contributed by atoms with Crippen LogP contribution in [-0.4, -0.2) is 28.6 Å². The first kappa shape index (κ1) is 21.5. The number of methoxy groups -OCH3 is 1. The van der Waals surface area contributed by atoms with Crippen LogP contribution in [0.2, 0.25) is 0 Å². The maximum atomic E-state index is 12.9. The third-order valence-corrected chi connectivity index (χ3v) is 6.76. The predicted molar refractivity (Wildman–Crippen MR) is 120 cm³/mol. The second kappa shape index (κ2) is 8.40. The molecule has 32 heavy (non-hydrogen) atoms. The average Bonchev–Trinajstić information content (AvgIpc) is 3.18. The van der Waals surface area contributed by atoms with Gasteiger partial charge in [-0.25, -0.2) is 4.68 Å². The molecule has 0 unspecified atom stereocenters. The van der Waals surface area contributed by atoms with E-state index in [1.54, 1.807) is 24.3 Å². The number of hydrogen-bond acceptors (Lipinski definition) is 7. The van der Waals surface area contributed by atoms with Gasteiger partial charge in [-0.1, -0.05) is 0 Å². The Bertz CT molecular complexity index is 1350. The predicted octanol–water partition coefficient (Wildman–Crippen LogP) is 3.02. The van der Waals surface area contributed by atoms with E-state index in [1.165, 1.54) is 30.1 Å². The molecule has 0 saturated carbocycles. The van der Waals surface area contributed by atoms with Crippen molar-refractivity contribution in [1.29, 1.82) is 5.26 Å². The lowest BCUT2D eigenvalue weighted by atomic mass is 9.95. The Hall–Kier alpha value is -3.77. The van der Waals surface area contributed by atoms with Crippen LogP contribution in [0, 0.1) is 11.3 Å². The normalized spacial score (nSPS) is 12.7. The van der Waals surface area contributed by atoms with Gasteiger partial charge in [-0.3, -0.25) is 14.4 Å². The highest BCUT2D eigenvalue weighted by Gasteiger charge is 2.29. The number of fused-ring (bicyclic) bond motifs is 1. The molecule has 0 radical (unpaired) electrons. The number of primary amides is 1. The zero-order valence-electron chi connectivity index (χ0n) is 17.6. The Labute approximate surface area is 187 Å². The van der Waals surface area contributed by atoms with Gasteiger partial charge in [0.2, 0.25) is 5.43 Å². The van der Waals surface area contributed by atoms with Gasteiger partial charge in [0, 0.05) is 17.4 Å². The monoisotopic (exact) mass is 448 g/mol. The number of ketones is 1. The highest BCUT2D eigenvalue weighted by atomic mass is 32.1. The zero-order valence-corrected chi connectivity index (χ0v) is 18.4. The van der Waals surface area contributed by atoms with Crippen LogP contribution in [0.15, 0.2) is 29.1 Å². The van der Waals surface area contributed by atoms with Crippen LogP contribution in [0.5, 0.6) is 5.75 Å². The molecule has 0 spiro atoms. The number of Topliss-reactive ketones (excluding diaryl/α,β-unsaturated/α-hetero) is 1. The highest BCUT2D eigenvalue weighted by Crippen LogP contribution is 2.38. The van der Waals surface area contributed by atoms with E-state index in [1.807, 2.05) is 6.07 Å². The lowest BCUT2D eigenvalue weighted by Gasteiger charge is -2.15. The number of nitrogens with two attached hydrogens (primary N) is 1. The van der Waals surface area contributed by atoms with Crippen molar-refractivity contribution in [2.24, 2.45) is 5.73 Å². The van der Waals surface area contributed by atoms with Crippen LogP contribution in [-0.2, 0) is 12.8 Å². The van der Waals surface area contributed by atoms with E-state index in [9.17, 15) is 19.6 Å². The summed E-state index contributed by atoms with van der Waals surface area (Å²) in [6.07, 6.45) is 3.46. The molecule has 0 bridgehead atoms. The summed E-state index contributed by atoms with van der Waals surface area (Å²) in [6, 6.07) is 8.71. The van der Waals surface area contributed by atoms with Gasteiger partial charge in [0.1, 0.15) is 22.4 Å². The second-order valence-electron chi connectivity index (χ2n) is 7.46. The fourth-order valence-electron chi connectivity index (χ4n) is 3.98. The molecule has 9 heteroatoms. The smallest absolute Gasteiger partial charge is 0.252 e. The van der Waals surface area contributed by atoms with Crippen LogP contribution >= 0.6 is 11.3 Å². The molecule has 1 aliphatic rings. The summed E-state index contributed by atoms with van der Waals surface area (Å²) in [7, 11) is 1.53. The molecule has 0 saturated heterocycles. The Morgan fingerprint density at radius 3 is 2.50 bits per heavy atom. The van der Waals surface area contributed by atoms with Crippen molar-refractivity contribution >= 4 is 23.0 Å². The standard InChI is InChI=1S/C23H20N4O4S/c1-12(28)19-21(29)16(11-24)20(13-7-9-14(31-2)10-8-13)27(26-19)23-18(22(25)30)15-5-3-4-6-17(15)32-23/h7-10H,3-6H2,1-2H3,(H2,25,30). The van der Waals surface area contributed by atoms with Crippen LogP contribution in [0.3, 0.4) is 0 Å². The molecule has 3 aromatic rings. The Balaban J connectivity index is 2.12. The molecule has 1 aliphatic carbocycles. The molecule has 1 amide bonds. The third-order valence-electron chi connectivity index (χ3n) is 5.49. The topological polar surface area (TPSA) is 128 Å². The average molecular weight is 449 g/mol. The molecule has 2 heterocycles. The van der Waals surface area contributed by atoms with E-state index < -0.39 is 17.1 Å². The minimum atomic E-state index is -0.746. The number of nitriles is 1. The quantitative estimate of drug-likeness (QED) is 0.598. The molecule has 2 N–H and O–H groups in total. The van der Waals surface area contributed by atoms with Crippen LogP contribution < -0.4 is 15.9 Å². The van der Waals surface area contributed by atoms with Crippen LogP contribution in [0.1, 0.15) is 56.6 Å². The number of carbonyl (C=O) groups is 2. The summed E-state index contributed by atoms with van der Waals surface area (Å²) in [5.74, 6) is -0.578. The largest absolute Gasteiger partial charge is 0.497 e. The molecular formula is C23H20N4O4S. The van der Waals surface area contributed by atoms with Crippen LogP contribution in [0.25, 0.3) is 16.3 Å². The summed E-state index contributed by atoms with van der Waals surface area (Å²) >= 11 is 1.36. The lowest BCUT2D eigenvalue weighted by molar-refractivity contribution is 0.0995. The van der Waals surface area contributed by atoms with Crippen molar-refractivity contribution in [3.8, 4) is 28.1 Å². The first-order chi connectivity index (χ1) is 15.4. The van der Waals surface area contributed by atoms with Crippen molar-refractivity contribution in [2.45, 2.75) is 32.6 Å². The molecule has 0 aliphatic heterocycles.